The highest BCUT2D eigenvalue weighted by atomic mass is 32.2. The Morgan fingerprint density at radius 2 is 1.93 bits per heavy atom. The first-order valence-corrected chi connectivity index (χ1v) is 12.5. The summed E-state index contributed by atoms with van der Waals surface area (Å²) in [4.78, 5) is 24.9. The summed E-state index contributed by atoms with van der Waals surface area (Å²) in [6.45, 7) is 1.93. The van der Waals surface area contributed by atoms with Crippen molar-refractivity contribution in [2.24, 2.45) is 0 Å². The number of aromatic nitrogens is 3. The first-order valence-electron chi connectivity index (χ1n) is 10.3. The maximum absolute atomic E-state index is 13.3. The summed E-state index contributed by atoms with van der Waals surface area (Å²) < 4.78 is 3.32. The highest BCUT2D eigenvalue weighted by Crippen LogP contribution is 2.33. The molecule has 2 aromatic carbocycles. The van der Waals surface area contributed by atoms with E-state index < -0.39 is 0 Å². The van der Waals surface area contributed by atoms with Crippen molar-refractivity contribution < 1.29 is 4.79 Å². The summed E-state index contributed by atoms with van der Waals surface area (Å²) in [7, 11) is 0. The van der Waals surface area contributed by atoms with Crippen LogP contribution in [-0.2, 0) is 17.1 Å². The molecule has 7 heteroatoms. The number of fused-ring (bicyclic) bond motifs is 2. The molecular weight excluding hydrogens is 412 g/mol. The van der Waals surface area contributed by atoms with Gasteiger partial charge in [-0.2, -0.15) is 11.8 Å². The number of hydrogen-bond acceptors (Lipinski definition) is 5. The maximum atomic E-state index is 13.3. The van der Waals surface area contributed by atoms with Crippen LogP contribution in [0.4, 0.5) is 0 Å². The monoisotopic (exact) mass is 436 g/mol. The molecule has 0 saturated carbocycles. The van der Waals surface area contributed by atoms with E-state index in [2.05, 4.69) is 35.1 Å². The predicted octanol–water partition coefficient (Wildman–Crippen LogP) is 4.92. The van der Waals surface area contributed by atoms with Gasteiger partial charge in [-0.05, 0) is 43.4 Å². The van der Waals surface area contributed by atoms with Crippen molar-refractivity contribution in [1.82, 2.24) is 19.4 Å². The molecule has 1 saturated heterocycles. The van der Waals surface area contributed by atoms with Gasteiger partial charge in [0.05, 0.1) is 32.0 Å². The molecule has 4 aromatic rings. The second-order valence-corrected chi connectivity index (χ2v) is 9.66. The molecule has 3 heterocycles. The number of carbonyl (C=O) groups excluding carboxylic acids is 1. The second kappa shape index (κ2) is 8.40. The quantitative estimate of drug-likeness (QED) is 0.446. The van der Waals surface area contributed by atoms with Crippen LogP contribution in [0.25, 0.3) is 21.3 Å². The molecule has 0 N–H and O–H groups in total. The number of piperidine rings is 1. The number of nitrogens with zero attached hydrogens (tertiary/aromatic N) is 4. The molecule has 1 aliphatic heterocycles. The summed E-state index contributed by atoms with van der Waals surface area (Å²) in [5, 5.41) is 1.16. The van der Waals surface area contributed by atoms with Crippen molar-refractivity contribution in [1.29, 1.82) is 0 Å². The van der Waals surface area contributed by atoms with Gasteiger partial charge in [0.2, 0.25) is 5.91 Å². The van der Waals surface area contributed by atoms with E-state index in [0.717, 1.165) is 59.1 Å². The summed E-state index contributed by atoms with van der Waals surface area (Å²) in [5.74, 6) is 2.27. The molecule has 1 amide bonds. The Balaban J connectivity index is 1.36. The molecule has 5 rings (SSSR count). The van der Waals surface area contributed by atoms with Crippen molar-refractivity contribution in [3.8, 4) is 0 Å². The van der Waals surface area contributed by atoms with Gasteiger partial charge in [0.25, 0.3) is 0 Å². The first-order chi connectivity index (χ1) is 14.7. The van der Waals surface area contributed by atoms with Gasteiger partial charge in [-0.25, -0.2) is 9.97 Å². The van der Waals surface area contributed by atoms with Gasteiger partial charge >= 0.3 is 0 Å². The van der Waals surface area contributed by atoms with Gasteiger partial charge in [0.1, 0.15) is 12.4 Å². The largest absolute Gasteiger partial charge is 0.340 e. The van der Waals surface area contributed by atoms with E-state index in [1.165, 1.54) is 4.70 Å². The number of carbonyl (C=O) groups is 1. The molecule has 1 atom stereocenters. The molecule has 0 spiro atoms. The third kappa shape index (κ3) is 3.72. The number of thiazole rings is 1. The normalized spacial score (nSPS) is 17.1. The molecule has 5 nitrogen and oxygen atoms in total. The lowest BCUT2D eigenvalue weighted by Gasteiger charge is -2.32. The number of imidazole rings is 1. The van der Waals surface area contributed by atoms with Crippen LogP contribution < -0.4 is 0 Å². The first kappa shape index (κ1) is 19.6. The molecule has 1 aliphatic rings. The van der Waals surface area contributed by atoms with E-state index >= 15 is 0 Å². The Kier molecular flexibility index (Phi) is 5.48. The van der Waals surface area contributed by atoms with Crippen molar-refractivity contribution >= 4 is 50.3 Å². The lowest BCUT2D eigenvalue weighted by molar-refractivity contribution is -0.133. The van der Waals surface area contributed by atoms with Crippen LogP contribution in [0, 0.1) is 0 Å². The van der Waals surface area contributed by atoms with Crippen LogP contribution in [0.3, 0.4) is 0 Å². The summed E-state index contributed by atoms with van der Waals surface area (Å²) in [6.07, 6.45) is 4.18. The van der Waals surface area contributed by atoms with Crippen LogP contribution in [0.5, 0.6) is 0 Å². The minimum atomic E-state index is 0.173. The van der Waals surface area contributed by atoms with E-state index in [1.807, 2.05) is 29.2 Å². The SMILES string of the molecule is CSCc1nc2ccccc2n1CC(=O)N1CCC[C@H](c2nc3ccccc3s2)C1. The fourth-order valence-electron chi connectivity index (χ4n) is 4.25. The minimum Gasteiger partial charge on any atom is -0.340 e. The number of benzene rings is 2. The Hall–Kier alpha value is -2.38. The zero-order valence-corrected chi connectivity index (χ0v) is 18.6. The Morgan fingerprint density at radius 3 is 2.77 bits per heavy atom. The minimum absolute atomic E-state index is 0.173. The fraction of sp³-hybridized carbons (Fsp3) is 0.348. The van der Waals surface area contributed by atoms with E-state index in [-0.39, 0.29) is 5.91 Å². The van der Waals surface area contributed by atoms with Crippen LogP contribution in [0.2, 0.25) is 0 Å². The molecule has 0 bridgehead atoms. The Morgan fingerprint density at radius 1 is 1.13 bits per heavy atom. The zero-order chi connectivity index (χ0) is 20.5. The van der Waals surface area contributed by atoms with E-state index in [9.17, 15) is 4.79 Å². The zero-order valence-electron chi connectivity index (χ0n) is 17.0. The van der Waals surface area contributed by atoms with Gasteiger partial charge < -0.3 is 9.47 Å². The summed E-state index contributed by atoms with van der Waals surface area (Å²) in [6, 6.07) is 16.4. The van der Waals surface area contributed by atoms with Crippen LogP contribution in [0.1, 0.15) is 29.6 Å². The van der Waals surface area contributed by atoms with Crippen molar-refractivity contribution in [3.05, 3.63) is 59.4 Å². The molecule has 1 fully saturated rings. The van der Waals surface area contributed by atoms with Crippen molar-refractivity contribution in [2.75, 3.05) is 19.3 Å². The van der Waals surface area contributed by atoms with Crippen molar-refractivity contribution in [2.45, 2.75) is 31.1 Å². The molecule has 0 aliphatic carbocycles. The molecule has 2 aromatic heterocycles. The average molecular weight is 437 g/mol. The summed E-state index contributed by atoms with van der Waals surface area (Å²) in [5.41, 5.74) is 3.06. The highest BCUT2D eigenvalue weighted by Gasteiger charge is 2.27. The van der Waals surface area contributed by atoms with Crippen LogP contribution >= 0.6 is 23.1 Å². The third-order valence-electron chi connectivity index (χ3n) is 5.73. The standard InChI is InChI=1S/C23H24N4OS2/c1-29-15-21-24-17-8-2-4-10-19(17)27(21)14-22(28)26-12-6-7-16(13-26)23-25-18-9-3-5-11-20(18)30-23/h2-5,8-11,16H,6-7,12-15H2,1H3/t16-/m0/s1. The number of amides is 1. The van der Waals surface area contributed by atoms with E-state index in [4.69, 9.17) is 9.97 Å². The molecule has 30 heavy (non-hydrogen) atoms. The topological polar surface area (TPSA) is 51.0 Å². The number of thioether (sulfide) groups is 1. The number of likely N-dealkylation sites (tertiary alicyclic amines) is 1. The van der Waals surface area contributed by atoms with Gasteiger partial charge in [-0.1, -0.05) is 24.3 Å². The van der Waals surface area contributed by atoms with Crippen LogP contribution in [-0.4, -0.2) is 44.7 Å². The van der Waals surface area contributed by atoms with Crippen LogP contribution in [0.15, 0.2) is 48.5 Å². The Bertz CT molecular complexity index is 1170. The Labute approximate surface area is 184 Å². The number of para-hydroxylation sites is 3. The number of rotatable bonds is 5. The smallest absolute Gasteiger partial charge is 0.242 e. The van der Waals surface area contributed by atoms with Gasteiger partial charge in [-0.3, -0.25) is 4.79 Å². The average Bonchev–Trinajstić information content (AvgIpc) is 3.36. The summed E-state index contributed by atoms with van der Waals surface area (Å²) >= 11 is 3.50. The predicted molar refractivity (Wildman–Crippen MR) is 125 cm³/mol. The lowest BCUT2D eigenvalue weighted by atomic mass is 9.98. The van der Waals surface area contributed by atoms with E-state index in [1.54, 1.807) is 23.1 Å². The van der Waals surface area contributed by atoms with E-state index in [0.29, 0.717) is 12.5 Å². The molecular formula is C23H24N4OS2. The third-order valence-corrected chi connectivity index (χ3v) is 7.48. The maximum Gasteiger partial charge on any atom is 0.242 e. The van der Waals surface area contributed by atoms with Crippen molar-refractivity contribution in [3.63, 3.8) is 0 Å². The van der Waals surface area contributed by atoms with Gasteiger partial charge in [0.15, 0.2) is 0 Å². The second-order valence-electron chi connectivity index (χ2n) is 7.73. The molecule has 0 radical (unpaired) electrons. The van der Waals surface area contributed by atoms with Gasteiger partial charge in [-0.15, -0.1) is 11.3 Å². The molecule has 154 valence electrons. The fourth-order valence-corrected chi connectivity index (χ4v) is 5.82. The number of hydrogen-bond donors (Lipinski definition) is 0. The lowest BCUT2D eigenvalue weighted by Crippen LogP contribution is -2.41. The van der Waals surface area contributed by atoms with Gasteiger partial charge in [0, 0.05) is 19.0 Å². The highest BCUT2D eigenvalue weighted by molar-refractivity contribution is 7.97. The molecule has 0 unspecified atom stereocenters.